The predicted octanol–water partition coefficient (Wildman–Crippen LogP) is 3.79. The lowest BCUT2D eigenvalue weighted by Crippen LogP contribution is -2.29. The molecule has 0 aliphatic carbocycles. The molecule has 1 aromatic rings. The summed E-state index contributed by atoms with van der Waals surface area (Å²) in [6, 6.07) is 5.28. The number of hydrogen-bond donors (Lipinski definition) is 0. The summed E-state index contributed by atoms with van der Waals surface area (Å²) < 4.78 is 0. The zero-order chi connectivity index (χ0) is 12.8. The van der Waals surface area contributed by atoms with E-state index in [9.17, 15) is 4.79 Å². The number of carbonyl (C=O) groups excluding carboxylic acids is 1. The van der Waals surface area contributed by atoms with Crippen molar-refractivity contribution in [1.82, 2.24) is 4.90 Å². The molecular weight excluding hydrogens is 257 g/mol. The third-order valence-corrected chi connectivity index (χ3v) is 3.37. The second-order valence-electron chi connectivity index (χ2n) is 4.05. The van der Waals surface area contributed by atoms with Crippen molar-refractivity contribution in [3.63, 3.8) is 0 Å². The fourth-order valence-electron chi connectivity index (χ4n) is 1.51. The van der Waals surface area contributed by atoms with Gasteiger partial charge in [0.1, 0.15) is 0 Å². The van der Waals surface area contributed by atoms with E-state index in [-0.39, 0.29) is 12.3 Å². The number of likely N-dealkylation sites (N-methyl/N-ethyl adjacent to an activating group) is 1. The quantitative estimate of drug-likeness (QED) is 0.799. The molecule has 2 nitrogen and oxygen atoms in total. The van der Waals surface area contributed by atoms with Crippen molar-refractivity contribution in [1.29, 1.82) is 0 Å². The predicted molar refractivity (Wildman–Crippen MR) is 72.7 cm³/mol. The Morgan fingerprint density at radius 3 is 2.41 bits per heavy atom. The second-order valence-corrected chi connectivity index (χ2v) is 4.86. The Morgan fingerprint density at radius 2 is 1.88 bits per heavy atom. The number of benzene rings is 1. The molecule has 0 aliphatic heterocycles. The van der Waals surface area contributed by atoms with Crippen LogP contribution in [-0.4, -0.2) is 24.4 Å². The van der Waals surface area contributed by atoms with Crippen LogP contribution in [0.5, 0.6) is 0 Å². The van der Waals surface area contributed by atoms with Crippen molar-refractivity contribution < 1.29 is 4.79 Å². The summed E-state index contributed by atoms with van der Waals surface area (Å²) in [6.07, 6.45) is 2.35. The lowest BCUT2D eigenvalue weighted by atomic mass is 10.1. The average Bonchev–Trinajstić information content (AvgIpc) is 2.30. The first-order valence-corrected chi connectivity index (χ1v) is 6.48. The number of halogens is 2. The molecule has 1 rings (SSSR count). The minimum Gasteiger partial charge on any atom is -0.345 e. The number of rotatable bonds is 5. The Labute approximate surface area is 113 Å². The van der Waals surface area contributed by atoms with Crippen LogP contribution in [-0.2, 0) is 11.2 Å². The molecule has 0 aromatic heterocycles. The molecule has 17 heavy (non-hydrogen) atoms. The molecule has 0 radical (unpaired) electrons. The lowest BCUT2D eigenvalue weighted by Gasteiger charge is -2.17. The van der Waals surface area contributed by atoms with Crippen LogP contribution >= 0.6 is 23.2 Å². The zero-order valence-corrected chi connectivity index (χ0v) is 11.7. The first-order valence-electron chi connectivity index (χ1n) is 5.73. The van der Waals surface area contributed by atoms with Crippen molar-refractivity contribution in [2.24, 2.45) is 0 Å². The average molecular weight is 274 g/mol. The summed E-state index contributed by atoms with van der Waals surface area (Å²) in [5.74, 6) is 0.0495. The van der Waals surface area contributed by atoms with E-state index in [0.29, 0.717) is 15.6 Å². The number of carbonyl (C=O) groups is 1. The molecule has 0 bridgehead atoms. The summed E-state index contributed by atoms with van der Waals surface area (Å²) in [7, 11) is 1.81. The normalized spacial score (nSPS) is 10.4. The third-order valence-electron chi connectivity index (χ3n) is 2.66. The van der Waals surface area contributed by atoms with Gasteiger partial charge in [-0.25, -0.2) is 0 Å². The first kappa shape index (κ1) is 14.3. The van der Waals surface area contributed by atoms with Gasteiger partial charge in [0.15, 0.2) is 0 Å². The van der Waals surface area contributed by atoms with E-state index in [1.165, 1.54) is 0 Å². The van der Waals surface area contributed by atoms with E-state index in [2.05, 4.69) is 6.92 Å². The van der Waals surface area contributed by atoms with Crippen molar-refractivity contribution >= 4 is 29.1 Å². The lowest BCUT2D eigenvalue weighted by molar-refractivity contribution is -0.129. The Balaban J connectivity index is 2.68. The minimum absolute atomic E-state index is 0.0495. The highest BCUT2D eigenvalue weighted by atomic mass is 35.5. The minimum atomic E-state index is 0.0495. The molecule has 4 heteroatoms. The summed E-state index contributed by atoms with van der Waals surface area (Å²) >= 11 is 12.1. The van der Waals surface area contributed by atoms with Gasteiger partial charge in [-0.2, -0.15) is 0 Å². The number of hydrogen-bond acceptors (Lipinski definition) is 1. The summed E-state index contributed by atoms with van der Waals surface area (Å²) in [5.41, 5.74) is 0.712. The molecule has 1 aromatic carbocycles. The van der Waals surface area contributed by atoms with Crippen molar-refractivity contribution in [3.8, 4) is 0 Å². The standard InChI is InChI=1S/C13H17Cl2NO/c1-3-4-8-16(2)13(17)9-10-11(14)6-5-7-12(10)15/h5-7H,3-4,8-9H2,1-2H3. The maximum Gasteiger partial charge on any atom is 0.226 e. The molecule has 94 valence electrons. The van der Waals surface area contributed by atoms with Crippen LogP contribution in [0.25, 0.3) is 0 Å². The van der Waals surface area contributed by atoms with Gasteiger partial charge in [0, 0.05) is 23.6 Å². The maximum atomic E-state index is 11.9. The fourth-order valence-corrected chi connectivity index (χ4v) is 2.04. The van der Waals surface area contributed by atoms with Gasteiger partial charge in [0.2, 0.25) is 5.91 Å². The topological polar surface area (TPSA) is 20.3 Å². The van der Waals surface area contributed by atoms with Crippen LogP contribution < -0.4 is 0 Å². The SMILES string of the molecule is CCCCN(C)C(=O)Cc1c(Cl)cccc1Cl. The summed E-state index contributed by atoms with van der Waals surface area (Å²) in [4.78, 5) is 13.7. The van der Waals surface area contributed by atoms with E-state index < -0.39 is 0 Å². The molecule has 0 unspecified atom stereocenters. The molecule has 0 spiro atoms. The molecule has 0 saturated carbocycles. The van der Waals surface area contributed by atoms with E-state index in [4.69, 9.17) is 23.2 Å². The van der Waals surface area contributed by atoms with Gasteiger partial charge in [-0.1, -0.05) is 42.6 Å². The van der Waals surface area contributed by atoms with Gasteiger partial charge in [0.25, 0.3) is 0 Å². The highest BCUT2D eigenvalue weighted by Crippen LogP contribution is 2.25. The second kappa shape index (κ2) is 6.87. The van der Waals surface area contributed by atoms with Gasteiger partial charge in [-0.15, -0.1) is 0 Å². The van der Waals surface area contributed by atoms with Crippen molar-refractivity contribution in [2.45, 2.75) is 26.2 Å². The Kier molecular flexibility index (Phi) is 5.79. The van der Waals surface area contributed by atoms with Crippen LogP contribution in [0.3, 0.4) is 0 Å². The smallest absolute Gasteiger partial charge is 0.226 e. The van der Waals surface area contributed by atoms with E-state index in [1.807, 2.05) is 7.05 Å². The molecule has 0 aliphatic rings. The third kappa shape index (κ3) is 4.21. The van der Waals surface area contributed by atoms with Crippen LogP contribution in [0.4, 0.5) is 0 Å². The van der Waals surface area contributed by atoms with Gasteiger partial charge in [0.05, 0.1) is 6.42 Å². The highest BCUT2D eigenvalue weighted by molar-refractivity contribution is 6.36. The molecule has 0 fully saturated rings. The monoisotopic (exact) mass is 273 g/mol. The Bertz CT molecular complexity index is 373. The fraction of sp³-hybridized carbons (Fsp3) is 0.462. The first-order chi connectivity index (χ1) is 8.06. The van der Waals surface area contributed by atoms with Crippen LogP contribution in [0.1, 0.15) is 25.3 Å². The highest BCUT2D eigenvalue weighted by Gasteiger charge is 2.13. The Morgan fingerprint density at radius 1 is 1.29 bits per heavy atom. The van der Waals surface area contributed by atoms with Crippen LogP contribution in [0, 0.1) is 0 Å². The zero-order valence-electron chi connectivity index (χ0n) is 10.2. The number of amides is 1. The molecule has 0 heterocycles. The molecule has 0 saturated heterocycles. The van der Waals surface area contributed by atoms with Gasteiger partial charge < -0.3 is 4.90 Å². The van der Waals surface area contributed by atoms with E-state index in [1.54, 1.807) is 23.1 Å². The summed E-state index contributed by atoms with van der Waals surface area (Å²) in [5, 5.41) is 1.10. The van der Waals surface area contributed by atoms with E-state index in [0.717, 1.165) is 19.4 Å². The van der Waals surface area contributed by atoms with Crippen molar-refractivity contribution in [3.05, 3.63) is 33.8 Å². The van der Waals surface area contributed by atoms with Crippen LogP contribution in [0.2, 0.25) is 10.0 Å². The van der Waals surface area contributed by atoms with Crippen molar-refractivity contribution in [2.75, 3.05) is 13.6 Å². The van der Waals surface area contributed by atoms with Gasteiger partial charge in [-0.3, -0.25) is 4.79 Å². The largest absolute Gasteiger partial charge is 0.345 e. The van der Waals surface area contributed by atoms with E-state index >= 15 is 0 Å². The molecule has 0 N–H and O–H groups in total. The number of nitrogens with zero attached hydrogens (tertiary/aromatic N) is 1. The molecule has 1 amide bonds. The molecular formula is C13H17Cl2NO. The Hall–Kier alpha value is -0.730. The van der Waals surface area contributed by atoms with Gasteiger partial charge in [-0.05, 0) is 24.1 Å². The van der Waals surface area contributed by atoms with Gasteiger partial charge >= 0.3 is 0 Å². The number of unbranched alkanes of at least 4 members (excludes halogenated alkanes) is 1. The van der Waals surface area contributed by atoms with Crippen LogP contribution in [0.15, 0.2) is 18.2 Å². The molecule has 0 atom stereocenters. The maximum absolute atomic E-state index is 11.9. The summed E-state index contributed by atoms with van der Waals surface area (Å²) in [6.45, 7) is 2.88.